The van der Waals surface area contributed by atoms with Gasteiger partial charge in [0.05, 0.1) is 33.0 Å². The van der Waals surface area contributed by atoms with Crippen molar-refractivity contribution in [3.8, 4) is 0 Å². The van der Waals surface area contributed by atoms with E-state index in [1.807, 2.05) is 0 Å². The van der Waals surface area contributed by atoms with E-state index in [2.05, 4.69) is 5.32 Å². The topological polar surface area (TPSA) is 208 Å². The van der Waals surface area contributed by atoms with E-state index in [1.54, 1.807) is 0 Å². The van der Waals surface area contributed by atoms with E-state index in [0.717, 1.165) is 6.92 Å². The molecule has 1 amide bonds. The molecule has 1 heterocycles. The molecular formula is C22H35F3N2O13. The number of nitrogens with one attached hydrogen (secondary N) is 1. The number of halogens is 3. The zero-order valence-electron chi connectivity index (χ0n) is 22.4. The number of amides is 1. The number of carboxylic acids is 1. The van der Waals surface area contributed by atoms with Crippen molar-refractivity contribution in [1.82, 2.24) is 5.32 Å². The van der Waals surface area contributed by atoms with Gasteiger partial charge in [-0.3, -0.25) is 19.2 Å². The number of carbonyl (C=O) groups is 5. The molecule has 0 aromatic heterocycles. The van der Waals surface area contributed by atoms with Crippen LogP contribution in [0.25, 0.3) is 0 Å². The van der Waals surface area contributed by atoms with Crippen molar-refractivity contribution in [2.24, 2.45) is 5.73 Å². The van der Waals surface area contributed by atoms with Gasteiger partial charge in [0.1, 0.15) is 18.8 Å². The first-order valence-corrected chi connectivity index (χ1v) is 11.8. The van der Waals surface area contributed by atoms with Crippen LogP contribution < -0.4 is 11.1 Å². The van der Waals surface area contributed by atoms with Crippen LogP contribution in [0, 0.1) is 0 Å². The Morgan fingerprint density at radius 1 is 0.850 bits per heavy atom. The van der Waals surface area contributed by atoms with Crippen LogP contribution in [0.2, 0.25) is 0 Å². The van der Waals surface area contributed by atoms with Crippen molar-refractivity contribution in [2.75, 3.05) is 46.2 Å². The predicted octanol–water partition coefficient (Wildman–Crippen LogP) is -0.716. The Labute approximate surface area is 227 Å². The highest BCUT2D eigenvalue weighted by Gasteiger charge is 2.51. The fourth-order valence-electron chi connectivity index (χ4n) is 3.06. The molecule has 232 valence electrons. The molecule has 15 nitrogen and oxygen atoms in total. The molecule has 0 unspecified atom stereocenters. The van der Waals surface area contributed by atoms with E-state index in [0.29, 0.717) is 26.4 Å². The monoisotopic (exact) mass is 592 g/mol. The van der Waals surface area contributed by atoms with Crippen LogP contribution in [0.1, 0.15) is 27.7 Å². The van der Waals surface area contributed by atoms with Gasteiger partial charge in [-0.15, -0.1) is 0 Å². The second-order valence-electron chi connectivity index (χ2n) is 7.91. The van der Waals surface area contributed by atoms with Crippen molar-refractivity contribution in [2.45, 2.75) is 64.5 Å². The lowest BCUT2D eigenvalue weighted by Gasteiger charge is -2.44. The van der Waals surface area contributed by atoms with Crippen molar-refractivity contribution >= 4 is 29.8 Å². The van der Waals surface area contributed by atoms with Crippen LogP contribution >= 0.6 is 0 Å². The van der Waals surface area contributed by atoms with Crippen molar-refractivity contribution < 1.29 is 75.4 Å². The van der Waals surface area contributed by atoms with E-state index in [1.165, 1.54) is 20.8 Å². The Morgan fingerprint density at radius 3 is 1.80 bits per heavy atom. The number of hydrogen-bond donors (Lipinski definition) is 3. The van der Waals surface area contributed by atoms with Gasteiger partial charge in [-0.25, -0.2) is 4.79 Å². The van der Waals surface area contributed by atoms with Crippen LogP contribution in [0.3, 0.4) is 0 Å². The molecular weight excluding hydrogens is 557 g/mol. The molecule has 0 aliphatic carbocycles. The van der Waals surface area contributed by atoms with Gasteiger partial charge in [-0.05, 0) is 0 Å². The number of esters is 3. The molecule has 1 rings (SSSR count). The van der Waals surface area contributed by atoms with Crippen LogP contribution in [0.5, 0.6) is 0 Å². The zero-order valence-corrected chi connectivity index (χ0v) is 22.4. The van der Waals surface area contributed by atoms with Gasteiger partial charge in [0.15, 0.2) is 18.5 Å². The maximum absolute atomic E-state index is 11.8. The highest BCUT2D eigenvalue weighted by Crippen LogP contribution is 2.28. The SMILES string of the molecule is CC(=O)N[C@H]1[C@H](OCCOCCOCCN)O[C@H](COC(C)=O)[C@H](OC(C)=O)[C@@H]1OC(C)=O.O=C(O)C(F)(F)F. The summed E-state index contributed by atoms with van der Waals surface area (Å²) in [6.07, 6.45) is -9.57. The molecule has 4 N–H and O–H groups in total. The number of hydrogen-bond acceptors (Lipinski definition) is 13. The van der Waals surface area contributed by atoms with E-state index in [4.69, 9.17) is 48.8 Å². The van der Waals surface area contributed by atoms with Gasteiger partial charge < -0.3 is 49.3 Å². The molecule has 0 bridgehead atoms. The van der Waals surface area contributed by atoms with E-state index >= 15 is 0 Å². The van der Waals surface area contributed by atoms with E-state index in [9.17, 15) is 32.3 Å². The summed E-state index contributed by atoms with van der Waals surface area (Å²) in [5.74, 6) is -5.16. The van der Waals surface area contributed by atoms with Gasteiger partial charge in [-0.2, -0.15) is 13.2 Å². The molecule has 0 saturated carbocycles. The number of carbonyl (C=O) groups excluding carboxylic acids is 4. The number of aliphatic carboxylic acids is 1. The highest BCUT2D eigenvalue weighted by molar-refractivity contribution is 5.74. The third-order valence-corrected chi connectivity index (χ3v) is 4.46. The second kappa shape index (κ2) is 19.1. The van der Waals surface area contributed by atoms with Crippen LogP contribution in [-0.2, 0) is 57.1 Å². The van der Waals surface area contributed by atoms with E-state index in [-0.39, 0.29) is 19.8 Å². The minimum Gasteiger partial charge on any atom is -0.475 e. The first-order valence-electron chi connectivity index (χ1n) is 11.8. The number of alkyl halides is 3. The maximum Gasteiger partial charge on any atom is 0.490 e. The lowest BCUT2D eigenvalue weighted by molar-refractivity contribution is -0.279. The quantitative estimate of drug-likeness (QED) is 0.129. The molecule has 0 spiro atoms. The predicted molar refractivity (Wildman–Crippen MR) is 124 cm³/mol. The van der Waals surface area contributed by atoms with Gasteiger partial charge in [0, 0.05) is 34.2 Å². The average Bonchev–Trinajstić information content (AvgIpc) is 2.81. The second-order valence-corrected chi connectivity index (χ2v) is 7.91. The van der Waals surface area contributed by atoms with Crippen molar-refractivity contribution in [3.05, 3.63) is 0 Å². The molecule has 0 aromatic rings. The largest absolute Gasteiger partial charge is 0.490 e. The summed E-state index contributed by atoms with van der Waals surface area (Å²) in [5.41, 5.74) is 5.33. The number of nitrogens with two attached hydrogens (primary N) is 1. The summed E-state index contributed by atoms with van der Waals surface area (Å²) in [7, 11) is 0. The number of rotatable bonds is 14. The highest BCUT2D eigenvalue weighted by atomic mass is 19.4. The lowest BCUT2D eigenvalue weighted by atomic mass is 9.96. The molecule has 18 heteroatoms. The van der Waals surface area contributed by atoms with Crippen LogP contribution in [-0.4, -0.2) is 118 Å². The normalized spacial score (nSPS) is 22.2. The van der Waals surface area contributed by atoms with Crippen LogP contribution in [0.4, 0.5) is 13.2 Å². The molecule has 1 fully saturated rings. The Balaban J connectivity index is 0.00000191. The average molecular weight is 593 g/mol. The molecule has 0 aromatic carbocycles. The Kier molecular flexibility index (Phi) is 17.6. The standard InChI is InChI=1S/C20H34N2O11.C2HF3O2/c1-12(23)22-17-19(32-15(4)26)18(31-14(3)25)16(11-30-13(2)24)33-20(17)29-10-9-28-8-7-27-6-5-21;3-2(4,5)1(6)7/h16-20H,5-11,21H2,1-4H3,(H,22,23);(H,6,7)/t16-,17-,18+,19-,20-;/m1./s1. The fraction of sp³-hybridized carbons (Fsp3) is 0.773. The van der Waals surface area contributed by atoms with Crippen LogP contribution in [0.15, 0.2) is 0 Å². The third-order valence-electron chi connectivity index (χ3n) is 4.46. The minimum atomic E-state index is -5.08. The van der Waals surface area contributed by atoms with E-state index < -0.39 is 66.6 Å². The summed E-state index contributed by atoms with van der Waals surface area (Å²) in [6.45, 7) is 6.28. The zero-order chi connectivity index (χ0) is 30.9. The Hall–Kier alpha value is -3.06. The number of carboxylic acid groups (broad SMARTS) is 1. The summed E-state index contributed by atoms with van der Waals surface area (Å²) < 4.78 is 69.6. The molecule has 1 aliphatic heterocycles. The molecule has 0 radical (unpaired) electrons. The minimum absolute atomic E-state index is 0.0585. The van der Waals surface area contributed by atoms with Crippen molar-refractivity contribution in [3.63, 3.8) is 0 Å². The van der Waals surface area contributed by atoms with Gasteiger partial charge in [0.25, 0.3) is 0 Å². The maximum atomic E-state index is 11.8. The van der Waals surface area contributed by atoms with Gasteiger partial charge in [0.2, 0.25) is 5.91 Å². The molecule has 40 heavy (non-hydrogen) atoms. The van der Waals surface area contributed by atoms with Gasteiger partial charge >= 0.3 is 30.1 Å². The smallest absolute Gasteiger partial charge is 0.475 e. The van der Waals surface area contributed by atoms with Gasteiger partial charge in [-0.1, -0.05) is 0 Å². The Bertz CT molecular complexity index is 828. The molecule has 1 saturated heterocycles. The molecule has 1 aliphatic rings. The first kappa shape index (κ1) is 36.9. The summed E-state index contributed by atoms with van der Waals surface area (Å²) in [4.78, 5) is 55.5. The summed E-state index contributed by atoms with van der Waals surface area (Å²) in [6, 6.07) is -1.02. The molecule has 5 atom stereocenters. The summed E-state index contributed by atoms with van der Waals surface area (Å²) >= 11 is 0. The fourth-order valence-corrected chi connectivity index (χ4v) is 3.06. The first-order chi connectivity index (χ1) is 18.6. The van der Waals surface area contributed by atoms with Crippen molar-refractivity contribution in [1.29, 1.82) is 0 Å². The summed E-state index contributed by atoms with van der Waals surface area (Å²) in [5, 5.41) is 9.74. The third kappa shape index (κ3) is 16.1. The lowest BCUT2D eigenvalue weighted by Crippen LogP contribution is -2.66. The Morgan fingerprint density at radius 2 is 1.35 bits per heavy atom. The number of ether oxygens (including phenoxy) is 7.